The van der Waals surface area contributed by atoms with Gasteiger partial charge in [-0.15, -0.1) is 0 Å². The van der Waals surface area contributed by atoms with Gasteiger partial charge in [0.15, 0.2) is 5.84 Å². The van der Waals surface area contributed by atoms with Gasteiger partial charge in [-0.05, 0) is 35.7 Å². The standard InChI is InChI=1S/C16H15ClN2O2/c17-14-8-11(16(18)19-20)5-6-15(14)21-9-12-7-10-3-1-2-4-13(10)12/h1-6,8,12,20H,7,9H2,(H2,18,19). The second-order valence-electron chi connectivity index (χ2n) is 5.04. The van der Waals surface area contributed by atoms with E-state index in [2.05, 4.69) is 23.4 Å². The van der Waals surface area contributed by atoms with Gasteiger partial charge >= 0.3 is 0 Å². The van der Waals surface area contributed by atoms with Gasteiger partial charge in [-0.2, -0.15) is 0 Å². The minimum atomic E-state index is 0.0244. The Bertz CT molecular complexity index is 700. The first-order valence-corrected chi connectivity index (χ1v) is 7.05. The van der Waals surface area contributed by atoms with Crippen molar-refractivity contribution in [2.24, 2.45) is 10.9 Å². The topological polar surface area (TPSA) is 67.8 Å². The van der Waals surface area contributed by atoms with Gasteiger partial charge in [-0.1, -0.05) is 41.0 Å². The summed E-state index contributed by atoms with van der Waals surface area (Å²) in [4.78, 5) is 0. The van der Waals surface area contributed by atoms with E-state index < -0.39 is 0 Å². The predicted molar refractivity (Wildman–Crippen MR) is 82.3 cm³/mol. The Hall–Kier alpha value is -2.20. The fourth-order valence-corrected chi connectivity index (χ4v) is 2.77. The van der Waals surface area contributed by atoms with Crippen molar-refractivity contribution < 1.29 is 9.94 Å². The van der Waals surface area contributed by atoms with E-state index in [0.717, 1.165) is 6.42 Å². The molecule has 0 amide bonds. The fraction of sp³-hybridized carbons (Fsp3) is 0.188. The monoisotopic (exact) mass is 302 g/mol. The highest BCUT2D eigenvalue weighted by Gasteiger charge is 2.26. The maximum atomic E-state index is 8.65. The number of fused-ring (bicyclic) bond motifs is 1. The number of hydrogen-bond acceptors (Lipinski definition) is 3. The normalized spacial score (nSPS) is 17.0. The Labute approximate surface area is 127 Å². The summed E-state index contributed by atoms with van der Waals surface area (Å²) in [5, 5.41) is 12.0. The summed E-state index contributed by atoms with van der Waals surface area (Å²) >= 11 is 6.16. The van der Waals surface area contributed by atoms with E-state index in [0.29, 0.717) is 28.9 Å². The van der Waals surface area contributed by atoms with E-state index in [1.165, 1.54) is 11.1 Å². The SMILES string of the molecule is NC(=NO)c1ccc(OCC2Cc3ccccc32)c(Cl)c1. The Morgan fingerprint density at radius 2 is 2.14 bits per heavy atom. The van der Waals surface area contributed by atoms with Gasteiger partial charge < -0.3 is 15.7 Å². The van der Waals surface area contributed by atoms with Gasteiger partial charge in [0, 0.05) is 11.5 Å². The molecule has 0 spiro atoms. The van der Waals surface area contributed by atoms with Crippen molar-refractivity contribution >= 4 is 17.4 Å². The van der Waals surface area contributed by atoms with Crippen LogP contribution in [0.5, 0.6) is 5.75 Å². The molecule has 0 bridgehead atoms. The summed E-state index contributed by atoms with van der Waals surface area (Å²) in [6.45, 7) is 0.597. The first-order chi connectivity index (χ1) is 10.2. The van der Waals surface area contributed by atoms with E-state index in [4.69, 9.17) is 27.3 Å². The van der Waals surface area contributed by atoms with Crippen LogP contribution in [-0.2, 0) is 6.42 Å². The molecule has 2 aromatic carbocycles. The summed E-state index contributed by atoms with van der Waals surface area (Å²) in [6, 6.07) is 13.5. The highest BCUT2D eigenvalue weighted by molar-refractivity contribution is 6.32. The number of oxime groups is 1. The van der Waals surface area contributed by atoms with Crippen LogP contribution in [0.1, 0.15) is 22.6 Å². The molecule has 0 aliphatic heterocycles. The molecular formula is C16H15ClN2O2. The maximum absolute atomic E-state index is 8.65. The third-order valence-electron chi connectivity index (χ3n) is 3.74. The van der Waals surface area contributed by atoms with Crippen molar-refractivity contribution in [3.63, 3.8) is 0 Å². The molecule has 0 radical (unpaired) electrons. The van der Waals surface area contributed by atoms with Crippen molar-refractivity contribution in [2.75, 3.05) is 6.61 Å². The highest BCUT2D eigenvalue weighted by Crippen LogP contribution is 2.36. The first kappa shape index (κ1) is 13.8. The number of ether oxygens (including phenoxy) is 1. The third kappa shape index (κ3) is 2.67. The lowest BCUT2D eigenvalue weighted by Crippen LogP contribution is -2.23. The molecule has 0 saturated carbocycles. The summed E-state index contributed by atoms with van der Waals surface area (Å²) < 4.78 is 5.79. The van der Waals surface area contributed by atoms with Crippen LogP contribution in [0.25, 0.3) is 0 Å². The van der Waals surface area contributed by atoms with Crippen molar-refractivity contribution in [3.8, 4) is 5.75 Å². The van der Waals surface area contributed by atoms with Gasteiger partial charge in [0.25, 0.3) is 0 Å². The number of amidine groups is 1. The minimum Gasteiger partial charge on any atom is -0.491 e. The Morgan fingerprint density at radius 1 is 1.33 bits per heavy atom. The molecule has 0 fully saturated rings. The van der Waals surface area contributed by atoms with Crippen molar-refractivity contribution in [2.45, 2.75) is 12.3 Å². The molecule has 4 nitrogen and oxygen atoms in total. The van der Waals surface area contributed by atoms with Crippen LogP contribution in [0.4, 0.5) is 0 Å². The highest BCUT2D eigenvalue weighted by atomic mass is 35.5. The zero-order chi connectivity index (χ0) is 14.8. The molecule has 3 N–H and O–H groups in total. The summed E-state index contributed by atoms with van der Waals surface area (Å²) in [5.74, 6) is 1.05. The molecule has 1 aliphatic rings. The molecule has 1 unspecified atom stereocenters. The largest absolute Gasteiger partial charge is 0.491 e. The number of nitrogens with zero attached hydrogens (tertiary/aromatic N) is 1. The van der Waals surface area contributed by atoms with Crippen molar-refractivity contribution in [1.82, 2.24) is 0 Å². The van der Waals surface area contributed by atoms with E-state index in [1.54, 1.807) is 18.2 Å². The number of benzene rings is 2. The van der Waals surface area contributed by atoms with E-state index in [-0.39, 0.29) is 5.84 Å². The first-order valence-electron chi connectivity index (χ1n) is 6.67. The number of halogens is 1. The second kappa shape index (κ2) is 5.66. The molecule has 5 heteroatoms. The molecule has 1 aliphatic carbocycles. The average molecular weight is 303 g/mol. The van der Waals surface area contributed by atoms with Gasteiger partial charge in [0.05, 0.1) is 11.6 Å². The molecule has 0 heterocycles. The molecular weight excluding hydrogens is 288 g/mol. The van der Waals surface area contributed by atoms with E-state index in [1.807, 2.05) is 6.07 Å². The molecule has 1 atom stereocenters. The Kier molecular flexibility index (Phi) is 3.71. The summed E-state index contributed by atoms with van der Waals surface area (Å²) in [6.07, 6.45) is 1.04. The van der Waals surface area contributed by atoms with Crippen LogP contribution in [0.15, 0.2) is 47.6 Å². The zero-order valence-electron chi connectivity index (χ0n) is 11.3. The fourth-order valence-electron chi connectivity index (χ4n) is 2.54. The smallest absolute Gasteiger partial charge is 0.170 e. The Morgan fingerprint density at radius 3 is 2.86 bits per heavy atom. The van der Waals surface area contributed by atoms with Crippen LogP contribution < -0.4 is 10.5 Å². The van der Waals surface area contributed by atoms with Crippen molar-refractivity contribution in [3.05, 3.63) is 64.2 Å². The number of hydrogen-bond donors (Lipinski definition) is 2. The predicted octanol–water partition coefficient (Wildman–Crippen LogP) is 3.15. The molecule has 21 heavy (non-hydrogen) atoms. The van der Waals surface area contributed by atoms with Crippen LogP contribution in [0.2, 0.25) is 5.02 Å². The van der Waals surface area contributed by atoms with Gasteiger partial charge in [-0.25, -0.2) is 0 Å². The lowest BCUT2D eigenvalue weighted by Gasteiger charge is -2.30. The van der Waals surface area contributed by atoms with Gasteiger partial charge in [-0.3, -0.25) is 0 Å². The summed E-state index contributed by atoms with van der Waals surface area (Å²) in [5.41, 5.74) is 8.82. The third-order valence-corrected chi connectivity index (χ3v) is 4.03. The maximum Gasteiger partial charge on any atom is 0.170 e. The quantitative estimate of drug-likeness (QED) is 0.394. The molecule has 3 rings (SSSR count). The lowest BCUT2D eigenvalue weighted by atomic mass is 9.78. The van der Waals surface area contributed by atoms with E-state index >= 15 is 0 Å². The zero-order valence-corrected chi connectivity index (χ0v) is 12.0. The average Bonchev–Trinajstić information content (AvgIpc) is 2.48. The van der Waals surface area contributed by atoms with Crippen LogP contribution >= 0.6 is 11.6 Å². The van der Waals surface area contributed by atoms with Gasteiger partial charge in [0.1, 0.15) is 5.75 Å². The van der Waals surface area contributed by atoms with Crippen LogP contribution in [-0.4, -0.2) is 17.6 Å². The minimum absolute atomic E-state index is 0.0244. The van der Waals surface area contributed by atoms with Gasteiger partial charge in [0.2, 0.25) is 0 Å². The van der Waals surface area contributed by atoms with Crippen LogP contribution in [0, 0.1) is 0 Å². The molecule has 0 aromatic heterocycles. The van der Waals surface area contributed by atoms with E-state index in [9.17, 15) is 0 Å². The number of nitrogens with two attached hydrogens (primary N) is 1. The van der Waals surface area contributed by atoms with Crippen LogP contribution in [0.3, 0.4) is 0 Å². The molecule has 0 saturated heterocycles. The molecule has 108 valence electrons. The lowest BCUT2D eigenvalue weighted by molar-refractivity contribution is 0.275. The second-order valence-corrected chi connectivity index (χ2v) is 5.45. The Balaban J connectivity index is 1.67. The summed E-state index contributed by atoms with van der Waals surface area (Å²) in [7, 11) is 0. The molecule has 2 aromatic rings. The van der Waals surface area contributed by atoms with Crippen molar-refractivity contribution in [1.29, 1.82) is 0 Å². The number of rotatable bonds is 4.